The van der Waals surface area contributed by atoms with E-state index in [1.165, 1.54) is 0 Å². The van der Waals surface area contributed by atoms with Gasteiger partial charge in [-0.1, -0.05) is 0 Å². The van der Waals surface area contributed by atoms with Crippen molar-refractivity contribution >= 4 is 46.4 Å². The summed E-state index contributed by atoms with van der Waals surface area (Å²) < 4.78 is 28.7. The van der Waals surface area contributed by atoms with Gasteiger partial charge >= 0.3 is 24.3 Å². The van der Waals surface area contributed by atoms with Crippen LogP contribution in [0.4, 0.5) is 0 Å². The quantitative estimate of drug-likeness (QED) is 0.585. The van der Waals surface area contributed by atoms with Crippen LogP contribution in [-0.2, 0) is 20.6 Å². The molecule has 1 aliphatic heterocycles. The lowest BCUT2D eigenvalue weighted by atomic mass is 11.9. The molecule has 0 aromatic rings. The Morgan fingerprint density at radius 1 is 1.07 bits per heavy atom. The SMILES string of the molecule is C[SiH]1O[SiH2]O[SiH2]O[Si](C)(C)O[Si](C)(C)O1.[H+].[H+].[H+].[H+].[H+]. The Labute approximate surface area is 107 Å². The summed E-state index contributed by atoms with van der Waals surface area (Å²) in [5.74, 6) is 0. The third-order valence-corrected chi connectivity index (χ3v) is 16.4. The molecule has 1 heterocycles. The molecular weight excluding hydrogens is 280 g/mol. The molecule has 0 aromatic heterocycles. The lowest BCUT2D eigenvalue weighted by Gasteiger charge is -2.35. The first-order chi connectivity index (χ1) is 6.81. The van der Waals surface area contributed by atoms with Crippen molar-refractivity contribution in [2.75, 3.05) is 0 Å². The van der Waals surface area contributed by atoms with Gasteiger partial charge in [0.05, 0.1) is 0 Å². The van der Waals surface area contributed by atoms with Crippen LogP contribution in [0.1, 0.15) is 7.13 Å². The molecule has 1 atom stereocenters. The van der Waals surface area contributed by atoms with Gasteiger partial charge in [0.1, 0.15) is 0 Å². The summed E-state index contributed by atoms with van der Waals surface area (Å²) in [4.78, 5) is 0. The highest BCUT2D eigenvalue weighted by atomic mass is 28.5. The second-order valence-electron chi connectivity index (χ2n) is 4.34. The summed E-state index contributed by atoms with van der Waals surface area (Å²) in [7, 11) is -7.40. The highest BCUT2D eigenvalue weighted by Gasteiger charge is 2.38. The van der Waals surface area contributed by atoms with E-state index in [1.54, 1.807) is 0 Å². The third-order valence-electron chi connectivity index (χ3n) is 1.82. The lowest BCUT2D eigenvalue weighted by molar-refractivity contribution is 0.285. The molecule has 0 amide bonds. The normalized spacial score (nSPS) is 35.4. The van der Waals surface area contributed by atoms with Crippen molar-refractivity contribution in [2.45, 2.75) is 32.7 Å². The van der Waals surface area contributed by atoms with Gasteiger partial charge < -0.3 is 20.6 Å². The summed E-state index contributed by atoms with van der Waals surface area (Å²) in [6.07, 6.45) is 0. The van der Waals surface area contributed by atoms with E-state index < -0.39 is 46.4 Å². The van der Waals surface area contributed by atoms with Crippen LogP contribution in [0.25, 0.3) is 0 Å². The Kier molecular flexibility index (Phi) is 5.09. The van der Waals surface area contributed by atoms with E-state index in [1.807, 2.05) is 6.55 Å². The fourth-order valence-corrected chi connectivity index (χ4v) is 16.2. The predicted octanol–water partition coefficient (Wildman–Crippen LogP) is -0.103. The molecule has 1 fully saturated rings. The fourth-order valence-electron chi connectivity index (χ4n) is 1.44. The summed E-state index contributed by atoms with van der Waals surface area (Å²) in [6, 6.07) is 0. The maximum atomic E-state index is 6.03. The standard InChI is InChI=1S/C5H20O5Si5/c1-13-7-11-6-12-8-14(2,3)10-15(4,5)9-13/h13H,11-12H2,1-5H3/p+5. The van der Waals surface area contributed by atoms with Gasteiger partial charge in [-0.15, -0.1) is 0 Å². The Morgan fingerprint density at radius 2 is 1.73 bits per heavy atom. The van der Waals surface area contributed by atoms with E-state index in [-0.39, 0.29) is 7.13 Å². The van der Waals surface area contributed by atoms with Crippen molar-refractivity contribution in [2.24, 2.45) is 0 Å². The summed E-state index contributed by atoms with van der Waals surface area (Å²) in [5, 5.41) is 0. The average molecular weight is 306 g/mol. The third kappa shape index (κ3) is 5.67. The monoisotopic (exact) mass is 305 g/mol. The second-order valence-corrected chi connectivity index (χ2v) is 17.4. The molecule has 1 aliphatic rings. The molecule has 0 N–H and O–H groups in total. The van der Waals surface area contributed by atoms with Crippen LogP contribution in [0.3, 0.4) is 0 Å². The maximum absolute atomic E-state index is 6.03. The first-order valence-electron chi connectivity index (χ1n) is 5.02. The Bertz CT molecular complexity index is 228. The van der Waals surface area contributed by atoms with Gasteiger partial charge in [-0.05, 0) is 32.7 Å². The predicted molar refractivity (Wildman–Crippen MR) is 76.1 cm³/mol. The van der Waals surface area contributed by atoms with Crippen LogP contribution in [0, 0.1) is 0 Å². The zero-order chi connectivity index (χ0) is 11.5. The van der Waals surface area contributed by atoms with E-state index in [0.717, 1.165) is 0 Å². The van der Waals surface area contributed by atoms with Crippen LogP contribution in [-0.4, -0.2) is 46.4 Å². The van der Waals surface area contributed by atoms with Gasteiger partial charge in [0, 0.05) is 0 Å². The van der Waals surface area contributed by atoms with Crippen molar-refractivity contribution in [1.82, 2.24) is 0 Å². The van der Waals surface area contributed by atoms with Crippen molar-refractivity contribution in [1.29, 1.82) is 0 Å². The topological polar surface area (TPSA) is 46.2 Å². The highest BCUT2D eigenvalue weighted by molar-refractivity contribution is 6.83. The second kappa shape index (κ2) is 5.48. The first kappa shape index (κ1) is 13.9. The van der Waals surface area contributed by atoms with Gasteiger partial charge in [-0.3, -0.25) is 0 Å². The lowest BCUT2D eigenvalue weighted by Crippen LogP contribution is -2.52. The molecule has 10 heteroatoms. The van der Waals surface area contributed by atoms with E-state index in [9.17, 15) is 0 Å². The van der Waals surface area contributed by atoms with Gasteiger partial charge in [0.2, 0.25) is 0 Å². The molecule has 1 saturated heterocycles. The van der Waals surface area contributed by atoms with E-state index >= 15 is 0 Å². The molecule has 0 spiro atoms. The van der Waals surface area contributed by atoms with Gasteiger partial charge in [-0.25, -0.2) is 0 Å². The summed E-state index contributed by atoms with van der Waals surface area (Å²) in [5.41, 5.74) is 0. The molecule has 0 radical (unpaired) electrons. The largest absolute Gasteiger partial charge is 1.00 e. The van der Waals surface area contributed by atoms with Gasteiger partial charge in [0.15, 0.2) is 0 Å². The molecule has 5 nitrogen and oxygen atoms in total. The van der Waals surface area contributed by atoms with E-state index in [0.29, 0.717) is 0 Å². The van der Waals surface area contributed by atoms with Crippen molar-refractivity contribution in [3.63, 3.8) is 0 Å². The minimum atomic E-state index is -2.06. The molecule has 1 unspecified atom stereocenters. The number of rotatable bonds is 0. The molecule has 1 rings (SSSR count). The summed E-state index contributed by atoms with van der Waals surface area (Å²) in [6.45, 7) is 10.3. The van der Waals surface area contributed by atoms with Crippen LogP contribution < -0.4 is 0 Å². The molecule has 0 bridgehead atoms. The smallest absolute Gasteiger partial charge is 0.425 e. The van der Waals surface area contributed by atoms with Crippen molar-refractivity contribution in [3.8, 4) is 0 Å². The molecular formula is C5H25O5Si5+5. The minimum absolute atomic E-state index is 0. The van der Waals surface area contributed by atoms with Gasteiger partial charge in [-0.2, -0.15) is 0 Å². The number of hydrogen-bond acceptors (Lipinski definition) is 5. The van der Waals surface area contributed by atoms with Crippen LogP contribution >= 0.6 is 0 Å². The van der Waals surface area contributed by atoms with Crippen LogP contribution in [0.15, 0.2) is 0 Å². The molecule has 0 aromatic carbocycles. The minimum Gasteiger partial charge on any atom is -0.425 e. The van der Waals surface area contributed by atoms with Gasteiger partial charge in [0.25, 0.3) is 29.3 Å². The highest BCUT2D eigenvalue weighted by Crippen LogP contribution is 2.18. The average Bonchev–Trinajstić information content (AvgIpc) is 1.98. The fraction of sp³-hybridized carbons (Fsp3) is 1.00. The zero-order valence-corrected chi connectivity index (χ0v) is 16.0. The van der Waals surface area contributed by atoms with Crippen molar-refractivity contribution in [3.05, 3.63) is 0 Å². The van der Waals surface area contributed by atoms with E-state index in [2.05, 4.69) is 26.2 Å². The first-order valence-corrected chi connectivity index (χ1v) is 15.1. The summed E-state index contributed by atoms with van der Waals surface area (Å²) >= 11 is 0. The van der Waals surface area contributed by atoms with Crippen LogP contribution in [0.5, 0.6) is 0 Å². The Balaban J connectivity index is -0.000000150. The maximum Gasteiger partial charge on any atom is 1.00 e. The molecule has 15 heavy (non-hydrogen) atoms. The Hall–Kier alpha value is 0.884. The molecule has 0 aliphatic carbocycles. The number of hydrogen-bond donors (Lipinski definition) is 0. The molecule has 90 valence electrons. The Morgan fingerprint density at radius 3 is 2.40 bits per heavy atom. The van der Waals surface area contributed by atoms with Crippen LogP contribution in [0.2, 0.25) is 32.7 Å². The van der Waals surface area contributed by atoms with E-state index in [4.69, 9.17) is 20.6 Å². The van der Waals surface area contributed by atoms with Crippen molar-refractivity contribution < 1.29 is 27.7 Å². The molecule has 0 saturated carbocycles. The zero-order valence-electron chi connectivity index (χ0n) is 15.0.